The van der Waals surface area contributed by atoms with Gasteiger partial charge in [-0.1, -0.05) is 54.3 Å². The van der Waals surface area contributed by atoms with Crippen LogP contribution in [0.25, 0.3) is 0 Å². The third-order valence-corrected chi connectivity index (χ3v) is 8.72. The quantitative estimate of drug-likeness (QED) is 0.0560. The molecule has 3 atom stereocenters. The SMILES string of the molecule is CN(C)CCOC(=O)C(C)(CC(C)(CC(C)(C#N)CCC(=O)O)C(=O)Oc1c(F)c(F)c(F)c(F)c1F)SC(=S)c1ccccc1. The van der Waals surface area contributed by atoms with E-state index >= 15 is 0 Å². The molecule has 0 spiro atoms. The largest absolute Gasteiger partial charge is 0.481 e. The zero-order valence-corrected chi connectivity index (χ0v) is 27.4. The second-order valence-electron chi connectivity index (χ2n) is 11.7. The molecular formula is C31H33F5N2O6S2. The molecule has 0 saturated heterocycles. The Kier molecular flexibility index (Phi) is 13.2. The lowest BCUT2D eigenvalue weighted by atomic mass is 9.68. The van der Waals surface area contributed by atoms with Crippen molar-refractivity contribution in [1.82, 2.24) is 4.90 Å². The van der Waals surface area contributed by atoms with Crippen LogP contribution in [0.15, 0.2) is 30.3 Å². The first-order chi connectivity index (χ1) is 21.3. The average molecular weight is 689 g/mol. The third kappa shape index (κ3) is 9.70. The number of aliphatic carboxylic acids is 1. The topological polar surface area (TPSA) is 117 Å². The molecule has 2 aromatic carbocycles. The molecule has 0 amide bonds. The molecule has 46 heavy (non-hydrogen) atoms. The first-order valence-electron chi connectivity index (χ1n) is 13.8. The maximum Gasteiger partial charge on any atom is 0.322 e. The van der Waals surface area contributed by atoms with Gasteiger partial charge in [0.2, 0.25) is 34.8 Å². The van der Waals surface area contributed by atoms with Gasteiger partial charge in [0.05, 0.1) is 21.1 Å². The van der Waals surface area contributed by atoms with Gasteiger partial charge >= 0.3 is 17.9 Å². The predicted octanol–water partition coefficient (Wildman–Crippen LogP) is 6.44. The van der Waals surface area contributed by atoms with E-state index in [-0.39, 0.29) is 17.2 Å². The molecule has 0 saturated carbocycles. The third-order valence-electron chi connectivity index (χ3n) is 7.06. The highest BCUT2D eigenvalue weighted by Gasteiger charge is 2.51. The van der Waals surface area contributed by atoms with Gasteiger partial charge in [0.25, 0.3) is 0 Å². The highest BCUT2D eigenvalue weighted by molar-refractivity contribution is 8.25. The number of carbonyl (C=O) groups is 3. The number of hydrogen-bond donors (Lipinski definition) is 1. The first kappa shape index (κ1) is 38.6. The van der Waals surface area contributed by atoms with Gasteiger partial charge in [-0.3, -0.25) is 14.4 Å². The van der Waals surface area contributed by atoms with Crippen LogP contribution in [-0.4, -0.2) is 64.1 Å². The number of thioether (sulfide) groups is 1. The molecule has 0 bridgehead atoms. The van der Waals surface area contributed by atoms with Crippen LogP contribution in [0.1, 0.15) is 52.0 Å². The molecule has 0 aliphatic heterocycles. The van der Waals surface area contributed by atoms with E-state index in [4.69, 9.17) is 21.7 Å². The molecule has 8 nitrogen and oxygen atoms in total. The van der Waals surface area contributed by atoms with E-state index in [1.807, 2.05) is 6.07 Å². The van der Waals surface area contributed by atoms with Gasteiger partial charge in [0.1, 0.15) is 11.4 Å². The van der Waals surface area contributed by atoms with Gasteiger partial charge in [-0.15, -0.1) is 0 Å². The summed E-state index contributed by atoms with van der Waals surface area (Å²) >= 11 is 6.40. The smallest absolute Gasteiger partial charge is 0.322 e. The molecule has 0 heterocycles. The number of halogens is 5. The minimum atomic E-state index is -2.47. The highest BCUT2D eigenvalue weighted by atomic mass is 32.2. The molecule has 0 aliphatic rings. The summed E-state index contributed by atoms with van der Waals surface area (Å²) in [6.45, 7) is 4.12. The molecule has 2 aromatic rings. The van der Waals surface area contributed by atoms with Crippen LogP contribution in [0.3, 0.4) is 0 Å². The Hall–Kier alpha value is -3.61. The molecule has 15 heteroatoms. The van der Waals surface area contributed by atoms with Gasteiger partial charge in [0, 0.05) is 13.0 Å². The van der Waals surface area contributed by atoms with Crippen molar-refractivity contribution in [3.05, 3.63) is 65.0 Å². The number of nitriles is 1. The Labute approximate surface area is 272 Å². The van der Waals surface area contributed by atoms with Crippen LogP contribution in [0, 0.1) is 51.2 Å². The zero-order chi connectivity index (χ0) is 35.0. The van der Waals surface area contributed by atoms with Crippen LogP contribution in [0.5, 0.6) is 5.75 Å². The van der Waals surface area contributed by atoms with E-state index in [0.29, 0.717) is 12.1 Å². The monoisotopic (exact) mass is 688 g/mol. The Bertz CT molecular complexity index is 1490. The lowest BCUT2D eigenvalue weighted by molar-refractivity contribution is -0.152. The number of benzene rings is 2. The summed E-state index contributed by atoms with van der Waals surface area (Å²) in [6, 6.07) is 10.4. The second-order valence-corrected chi connectivity index (χ2v) is 13.9. The van der Waals surface area contributed by atoms with E-state index in [1.165, 1.54) is 20.8 Å². The normalized spacial score (nSPS) is 15.2. The molecule has 0 fully saturated rings. The number of nitrogens with zero attached hydrogens (tertiary/aromatic N) is 2. The first-order valence-corrected chi connectivity index (χ1v) is 15.0. The van der Waals surface area contributed by atoms with Gasteiger partial charge < -0.3 is 19.5 Å². The Morgan fingerprint density at radius 3 is 1.98 bits per heavy atom. The molecule has 1 N–H and O–H groups in total. The van der Waals surface area contributed by atoms with Crippen molar-refractivity contribution < 1.29 is 50.9 Å². The summed E-state index contributed by atoms with van der Waals surface area (Å²) in [4.78, 5) is 40.6. The lowest BCUT2D eigenvalue weighted by Gasteiger charge is -2.39. The van der Waals surface area contributed by atoms with E-state index in [9.17, 15) is 46.7 Å². The summed E-state index contributed by atoms with van der Waals surface area (Å²) in [5, 5.41) is 19.2. The average Bonchev–Trinajstić information content (AvgIpc) is 3.00. The van der Waals surface area contributed by atoms with E-state index in [1.54, 1.807) is 49.3 Å². The molecule has 0 aliphatic carbocycles. The summed E-state index contributed by atoms with van der Waals surface area (Å²) < 4.78 is 79.6. The Morgan fingerprint density at radius 2 is 1.48 bits per heavy atom. The zero-order valence-electron chi connectivity index (χ0n) is 25.7. The maximum absolute atomic E-state index is 14.6. The van der Waals surface area contributed by atoms with Crippen LogP contribution in [0.2, 0.25) is 0 Å². The van der Waals surface area contributed by atoms with Gasteiger partial charge in [0.15, 0.2) is 0 Å². The number of carboxylic acid groups (broad SMARTS) is 1. The van der Waals surface area contributed by atoms with Gasteiger partial charge in [-0.05, 0) is 59.7 Å². The van der Waals surface area contributed by atoms with Crippen molar-refractivity contribution in [2.75, 3.05) is 27.2 Å². The van der Waals surface area contributed by atoms with Crippen molar-refractivity contribution in [1.29, 1.82) is 5.26 Å². The number of carboxylic acids is 1. The molecule has 3 unspecified atom stereocenters. The van der Waals surface area contributed by atoms with E-state index < -0.39 is 87.6 Å². The molecule has 2 rings (SSSR count). The van der Waals surface area contributed by atoms with Crippen molar-refractivity contribution in [3.8, 4) is 11.8 Å². The number of carbonyl (C=O) groups excluding carboxylic acids is 2. The number of esters is 2. The van der Waals surface area contributed by atoms with Crippen LogP contribution in [-0.2, 0) is 19.1 Å². The minimum Gasteiger partial charge on any atom is -0.481 e. The van der Waals surface area contributed by atoms with E-state index in [2.05, 4.69) is 0 Å². The van der Waals surface area contributed by atoms with Crippen LogP contribution < -0.4 is 4.74 Å². The molecule has 250 valence electrons. The molecule has 0 aromatic heterocycles. The Morgan fingerprint density at radius 1 is 0.935 bits per heavy atom. The standard InChI is InChI=1S/C31H33F5N2O6S2/c1-29(17-37,12-11-19(39)40)15-30(2,27(41)44-25-23(35)21(33)20(32)22(34)24(25)36)16-31(3,28(42)43-14-13-38(4)5)46-26(45)18-9-7-6-8-10-18/h6-10H,11-16H2,1-5H3,(H,39,40). The van der Waals surface area contributed by atoms with E-state index in [0.717, 1.165) is 11.8 Å². The minimum absolute atomic E-state index is 0.0830. The number of thiocarbonyl (C=S) groups is 1. The Balaban J connectivity index is 2.69. The summed E-state index contributed by atoms with van der Waals surface area (Å²) in [6.07, 6.45) is -1.96. The number of hydrogen-bond acceptors (Lipinski definition) is 9. The number of likely N-dealkylation sites (N-methyl/N-ethyl adjacent to an activating group) is 1. The molecule has 0 radical (unpaired) electrons. The van der Waals surface area contributed by atoms with Crippen molar-refractivity contribution >= 4 is 46.1 Å². The van der Waals surface area contributed by atoms with Gasteiger partial charge in [-0.2, -0.15) is 14.0 Å². The number of rotatable bonds is 15. The summed E-state index contributed by atoms with van der Waals surface area (Å²) in [5.74, 6) is -17.6. The highest BCUT2D eigenvalue weighted by Crippen LogP contribution is 2.48. The fourth-order valence-corrected chi connectivity index (χ4v) is 6.61. The van der Waals surface area contributed by atoms with Crippen LogP contribution in [0.4, 0.5) is 22.0 Å². The molecular weight excluding hydrogens is 655 g/mol. The predicted molar refractivity (Wildman–Crippen MR) is 163 cm³/mol. The van der Waals surface area contributed by atoms with Crippen molar-refractivity contribution in [3.63, 3.8) is 0 Å². The van der Waals surface area contributed by atoms with Crippen LogP contribution >= 0.6 is 24.0 Å². The van der Waals surface area contributed by atoms with Crippen molar-refractivity contribution in [2.24, 2.45) is 10.8 Å². The second kappa shape index (κ2) is 15.8. The maximum atomic E-state index is 14.6. The lowest BCUT2D eigenvalue weighted by Crippen LogP contribution is -2.46. The summed E-state index contributed by atoms with van der Waals surface area (Å²) in [5.41, 5.74) is -3.18. The fraction of sp³-hybridized carbons (Fsp3) is 0.452. The summed E-state index contributed by atoms with van der Waals surface area (Å²) in [7, 11) is 3.47. The van der Waals surface area contributed by atoms with Gasteiger partial charge in [-0.25, -0.2) is 13.2 Å². The number of ether oxygens (including phenoxy) is 2. The van der Waals surface area contributed by atoms with Crippen molar-refractivity contribution in [2.45, 2.75) is 51.2 Å². The fourth-order valence-electron chi connectivity index (χ4n) is 4.73.